The normalized spacial score (nSPS) is 14.5. The fourth-order valence-electron chi connectivity index (χ4n) is 3.67. The van der Waals surface area contributed by atoms with Crippen LogP contribution in [0, 0.1) is 10.1 Å². The minimum Gasteiger partial charge on any atom is -0.349 e. The Hall–Kier alpha value is -3.48. The zero-order valence-corrected chi connectivity index (χ0v) is 15.9. The van der Waals surface area contributed by atoms with Crippen LogP contribution in [-0.2, 0) is 0 Å². The van der Waals surface area contributed by atoms with E-state index >= 15 is 0 Å². The van der Waals surface area contributed by atoms with E-state index in [2.05, 4.69) is 15.3 Å². The number of rotatable bonds is 5. The van der Waals surface area contributed by atoms with Gasteiger partial charge in [-0.05, 0) is 42.7 Å². The number of aromatic nitrogens is 2. The van der Waals surface area contributed by atoms with Crippen molar-refractivity contribution >= 4 is 11.6 Å². The molecule has 1 fully saturated rings. The number of nitrogens with zero attached hydrogens (tertiary/aromatic N) is 2. The third-order valence-electron chi connectivity index (χ3n) is 5.33. The lowest BCUT2D eigenvalue weighted by Crippen LogP contribution is -2.36. The standard InChI is InChI=1S/C22H22N4O3/c27-22(24-18-4-2-1-3-5-18)17-8-6-15(7-9-17)20-14-23-21(25-20)16-10-12-19(13-11-16)26(28)29/h6-14,18H,1-5H2,(H,23,25)(H,24,27). The fourth-order valence-corrected chi connectivity index (χ4v) is 3.67. The molecular formula is C22H22N4O3. The van der Waals surface area contributed by atoms with Gasteiger partial charge in [0, 0.05) is 29.3 Å². The molecule has 3 aromatic rings. The number of nitrogens with one attached hydrogen (secondary N) is 2. The zero-order valence-electron chi connectivity index (χ0n) is 15.9. The van der Waals surface area contributed by atoms with E-state index < -0.39 is 4.92 Å². The highest BCUT2D eigenvalue weighted by Crippen LogP contribution is 2.24. The Morgan fingerprint density at radius 3 is 2.31 bits per heavy atom. The number of aromatic amines is 1. The molecule has 0 saturated heterocycles. The summed E-state index contributed by atoms with van der Waals surface area (Å²) in [6, 6.07) is 14.0. The molecule has 29 heavy (non-hydrogen) atoms. The molecule has 0 bridgehead atoms. The largest absolute Gasteiger partial charge is 0.349 e. The van der Waals surface area contributed by atoms with E-state index in [0.29, 0.717) is 11.4 Å². The van der Waals surface area contributed by atoms with Gasteiger partial charge >= 0.3 is 0 Å². The number of nitro benzene ring substituents is 1. The molecule has 1 aliphatic rings. The van der Waals surface area contributed by atoms with Crippen LogP contribution < -0.4 is 5.32 Å². The maximum absolute atomic E-state index is 12.4. The van der Waals surface area contributed by atoms with Crippen molar-refractivity contribution in [3.8, 4) is 22.6 Å². The van der Waals surface area contributed by atoms with Crippen LogP contribution in [0.3, 0.4) is 0 Å². The third-order valence-corrected chi connectivity index (χ3v) is 5.33. The Morgan fingerprint density at radius 2 is 1.66 bits per heavy atom. The Morgan fingerprint density at radius 1 is 1.00 bits per heavy atom. The first-order chi connectivity index (χ1) is 14.1. The first kappa shape index (κ1) is 18.9. The van der Waals surface area contributed by atoms with Crippen LogP contribution in [0.4, 0.5) is 5.69 Å². The predicted molar refractivity (Wildman–Crippen MR) is 110 cm³/mol. The number of nitro groups is 1. The molecular weight excluding hydrogens is 368 g/mol. The smallest absolute Gasteiger partial charge is 0.269 e. The summed E-state index contributed by atoms with van der Waals surface area (Å²) < 4.78 is 0. The molecule has 4 rings (SSSR count). The van der Waals surface area contributed by atoms with Gasteiger partial charge in [0.25, 0.3) is 11.6 Å². The lowest BCUT2D eigenvalue weighted by Gasteiger charge is -2.22. The fraction of sp³-hybridized carbons (Fsp3) is 0.273. The summed E-state index contributed by atoms with van der Waals surface area (Å²) in [6.45, 7) is 0. The molecule has 148 valence electrons. The van der Waals surface area contributed by atoms with Crippen LogP contribution in [0.5, 0.6) is 0 Å². The minimum atomic E-state index is -0.427. The molecule has 1 aromatic heterocycles. The van der Waals surface area contributed by atoms with E-state index in [-0.39, 0.29) is 17.6 Å². The van der Waals surface area contributed by atoms with E-state index in [0.717, 1.165) is 29.7 Å². The lowest BCUT2D eigenvalue weighted by molar-refractivity contribution is -0.384. The van der Waals surface area contributed by atoms with Gasteiger partial charge in [-0.15, -0.1) is 0 Å². The van der Waals surface area contributed by atoms with Gasteiger partial charge in [0.1, 0.15) is 5.82 Å². The molecule has 7 nitrogen and oxygen atoms in total. The molecule has 0 aliphatic heterocycles. The number of carbonyl (C=O) groups is 1. The van der Waals surface area contributed by atoms with E-state index in [9.17, 15) is 14.9 Å². The lowest BCUT2D eigenvalue weighted by atomic mass is 9.95. The maximum atomic E-state index is 12.4. The van der Waals surface area contributed by atoms with Crippen LogP contribution in [0.1, 0.15) is 42.5 Å². The summed E-state index contributed by atoms with van der Waals surface area (Å²) >= 11 is 0. The first-order valence-corrected chi connectivity index (χ1v) is 9.81. The second-order valence-corrected chi connectivity index (χ2v) is 7.34. The number of H-pyrrole nitrogens is 1. The van der Waals surface area contributed by atoms with Gasteiger partial charge in [-0.2, -0.15) is 0 Å². The highest BCUT2D eigenvalue weighted by Gasteiger charge is 2.17. The second kappa shape index (κ2) is 8.26. The van der Waals surface area contributed by atoms with Crippen molar-refractivity contribution in [1.82, 2.24) is 15.3 Å². The maximum Gasteiger partial charge on any atom is 0.269 e. The number of hydrogen-bond donors (Lipinski definition) is 2. The highest BCUT2D eigenvalue weighted by molar-refractivity contribution is 5.94. The van der Waals surface area contributed by atoms with Crippen molar-refractivity contribution in [2.75, 3.05) is 0 Å². The molecule has 2 aromatic carbocycles. The van der Waals surface area contributed by atoms with E-state index in [1.165, 1.54) is 31.4 Å². The number of non-ortho nitro benzene ring substituents is 1. The van der Waals surface area contributed by atoms with E-state index in [4.69, 9.17) is 0 Å². The predicted octanol–water partition coefficient (Wildman–Crippen LogP) is 4.71. The summed E-state index contributed by atoms with van der Waals surface area (Å²) in [4.78, 5) is 30.4. The Bertz CT molecular complexity index is 1000. The van der Waals surface area contributed by atoms with Crippen LogP contribution in [0.2, 0.25) is 0 Å². The third kappa shape index (κ3) is 4.34. The molecule has 0 unspecified atom stereocenters. The Balaban J connectivity index is 1.45. The van der Waals surface area contributed by atoms with E-state index in [1.807, 2.05) is 24.3 Å². The number of carbonyl (C=O) groups excluding carboxylic acids is 1. The zero-order chi connectivity index (χ0) is 20.2. The summed E-state index contributed by atoms with van der Waals surface area (Å²) in [5, 5.41) is 13.9. The quantitative estimate of drug-likeness (QED) is 0.486. The monoisotopic (exact) mass is 390 g/mol. The van der Waals surface area contributed by atoms with Crippen molar-refractivity contribution in [3.05, 3.63) is 70.4 Å². The molecule has 1 heterocycles. The van der Waals surface area contributed by atoms with Crippen molar-refractivity contribution in [2.24, 2.45) is 0 Å². The Labute approximate surface area is 168 Å². The topological polar surface area (TPSA) is 101 Å². The van der Waals surface area contributed by atoms with Gasteiger partial charge in [0.05, 0.1) is 16.8 Å². The van der Waals surface area contributed by atoms with Gasteiger partial charge in [-0.1, -0.05) is 31.4 Å². The average Bonchev–Trinajstić information content (AvgIpc) is 3.25. The van der Waals surface area contributed by atoms with Crippen molar-refractivity contribution in [2.45, 2.75) is 38.1 Å². The summed E-state index contributed by atoms with van der Waals surface area (Å²) in [5.41, 5.74) is 3.19. The minimum absolute atomic E-state index is 0.0281. The van der Waals surface area contributed by atoms with Gasteiger partial charge in [0.15, 0.2) is 0 Å². The molecule has 2 N–H and O–H groups in total. The van der Waals surface area contributed by atoms with Gasteiger partial charge in [-0.3, -0.25) is 14.9 Å². The highest BCUT2D eigenvalue weighted by atomic mass is 16.6. The summed E-state index contributed by atoms with van der Waals surface area (Å²) in [6.07, 6.45) is 7.45. The van der Waals surface area contributed by atoms with Crippen LogP contribution >= 0.6 is 0 Å². The van der Waals surface area contributed by atoms with E-state index in [1.54, 1.807) is 18.3 Å². The number of imidazole rings is 1. The van der Waals surface area contributed by atoms with Crippen LogP contribution in [0.25, 0.3) is 22.6 Å². The van der Waals surface area contributed by atoms with Crippen molar-refractivity contribution in [3.63, 3.8) is 0 Å². The summed E-state index contributed by atoms with van der Waals surface area (Å²) in [5.74, 6) is 0.605. The Kier molecular flexibility index (Phi) is 5.37. The first-order valence-electron chi connectivity index (χ1n) is 9.81. The second-order valence-electron chi connectivity index (χ2n) is 7.34. The number of hydrogen-bond acceptors (Lipinski definition) is 4. The molecule has 1 saturated carbocycles. The van der Waals surface area contributed by atoms with Crippen molar-refractivity contribution in [1.29, 1.82) is 0 Å². The summed E-state index contributed by atoms with van der Waals surface area (Å²) in [7, 11) is 0. The van der Waals surface area contributed by atoms with Gasteiger partial charge in [-0.25, -0.2) is 4.98 Å². The van der Waals surface area contributed by atoms with Crippen LogP contribution in [-0.4, -0.2) is 26.8 Å². The van der Waals surface area contributed by atoms with Gasteiger partial charge < -0.3 is 10.3 Å². The molecule has 0 radical (unpaired) electrons. The molecule has 0 spiro atoms. The van der Waals surface area contributed by atoms with Crippen LogP contribution in [0.15, 0.2) is 54.7 Å². The van der Waals surface area contributed by atoms with Gasteiger partial charge in [0.2, 0.25) is 0 Å². The molecule has 1 amide bonds. The van der Waals surface area contributed by atoms with Crippen molar-refractivity contribution < 1.29 is 9.72 Å². The average molecular weight is 390 g/mol. The number of amides is 1. The molecule has 1 aliphatic carbocycles. The SMILES string of the molecule is O=C(NC1CCCCC1)c1ccc(-c2cnc(-c3ccc([N+](=O)[O-])cc3)[nH]2)cc1. The molecule has 0 atom stereocenters. The number of benzene rings is 2. The molecule has 7 heteroatoms.